The summed E-state index contributed by atoms with van der Waals surface area (Å²) >= 11 is 1.53. The highest BCUT2D eigenvalue weighted by atomic mass is 32.1. The molecule has 0 radical (unpaired) electrons. The highest BCUT2D eigenvalue weighted by Crippen LogP contribution is 2.39. The van der Waals surface area contributed by atoms with E-state index in [9.17, 15) is 9.59 Å². The Hall–Kier alpha value is -3.78. The van der Waals surface area contributed by atoms with Crippen molar-refractivity contribution in [3.63, 3.8) is 0 Å². The zero-order valence-corrected chi connectivity index (χ0v) is 18.9. The maximum atomic E-state index is 12.1. The second kappa shape index (κ2) is 8.76. The number of methoxy groups -OCH3 is 2. The fourth-order valence-electron chi connectivity index (χ4n) is 3.59. The van der Waals surface area contributed by atoms with Gasteiger partial charge in [0.15, 0.2) is 0 Å². The van der Waals surface area contributed by atoms with E-state index in [2.05, 4.69) is 52.7 Å². The Morgan fingerprint density at radius 1 is 0.906 bits per heavy atom. The van der Waals surface area contributed by atoms with Gasteiger partial charge in [0.25, 0.3) is 0 Å². The second-order valence-electron chi connectivity index (χ2n) is 7.28. The van der Waals surface area contributed by atoms with Gasteiger partial charge in [-0.3, -0.25) is 0 Å². The first-order valence-electron chi connectivity index (χ1n) is 9.80. The molecule has 0 aliphatic heterocycles. The number of esters is 2. The average Bonchev–Trinajstić information content (AvgIpc) is 3.22. The van der Waals surface area contributed by atoms with Crippen LogP contribution in [0.5, 0.6) is 0 Å². The third-order valence-electron chi connectivity index (χ3n) is 5.08. The first kappa shape index (κ1) is 21.5. The number of benzene rings is 2. The summed E-state index contributed by atoms with van der Waals surface area (Å²) in [5.41, 5.74) is 5.41. The third-order valence-corrected chi connectivity index (χ3v) is 5.97. The number of carbonyl (C=O) groups is 2. The molecule has 32 heavy (non-hydrogen) atoms. The predicted octanol–water partition coefficient (Wildman–Crippen LogP) is 5.29. The van der Waals surface area contributed by atoms with Gasteiger partial charge in [0.05, 0.1) is 30.7 Å². The maximum Gasteiger partial charge on any atom is 0.337 e. The van der Waals surface area contributed by atoms with Crippen molar-refractivity contribution in [3.8, 4) is 11.1 Å². The number of thiophene rings is 1. The van der Waals surface area contributed by atoms with E-state index in [4.69, 9.17) is 9.47 Å². The van der Waals surface area contributed by atoms with Gasteiger partial charge in [-0.2, -0.15) is 0 Å². The fraction of sp³-hybridized carbons (Fsp3) is 0.167. The molecule has 0 aliphatic rings. The topological polar surface area (TPSA) is 90.4 Å². The van der Waals surface area contributed by atoms with Crippen LogP contribution in [0, 0.1) is 13.8 Å². The molecule has 1 N–H and O–H groups in total. The van der Waals surface area contributed by atoms with Gasteiger partial charge in [-0.05, 0) is 43.2 Å². The molecular weight excluding hydrogens is 426 g/mol. The monoisotopic (exact) mass is 447 g/mol. The summed E-state index contributed by atoms with van der Waals surface area (Å²) < 4.78 is 9.65. The van der Waals surface area contributed by atoms with Gasteiger partial charge in [0.2, 0.25) is 0 Å². The molecule has 4 rings (SSSR count). The van der Waals surface area contributed by atoms with E-state index in [1.807, 2.05) is 0 Å². The van der Waals surface area contributed by atoms with Crippen LogP contribution in [-0.2, 0) is 9.47 Å². The van der Waals surface area contributed by atoms with Crippen LogP contribution in [0.4, 0.5) is 11.5 Å². The highest BCUT2D eigenvalue weighted by Gasteiger charge is 2.17. The molecule has 0 bridgehead atoms. The fourth-order valence-corrected chi connectivity index (χ4v) is 4.50. The van der Waals surface area contributed by atoms with Crippen LogP contribution in [0.2, 0.25) is 0 Å². The molecule has 162 valence electrons. The number of ether oxygens (including phenoxy) is 2. The summed E-state index contributed by atoms with van der Waals surface area (Å²) in [5, 5.41) is 6.18. The van der Waals surface area contributed by atoms with E-state index in [0.29, 0.717) is 11.5 Å². The van der Waals surface area contributed by atoms with Crippen molar-refractivity contribution in [2.75, 3.05) is 19.5 Å². The predicted molar refractivity (Wildman–Crippen MR) is 125 cm³/mol. The Bertz CT molecular complexity index is 1310. The molecule has 2 heterocycles. The first-order chi connectivity index (χ1) is 15.4. The molecular formula is C24H21N3O4S. The molecule has 0 fully saturated rings. The van der Waals surface area contributed by atoms with Crippen molar-refractivity contribution in [1.29, 1.82) is 0 Å². The minimum absolute atomic E-state index is 0.225. The summed E-state index contributed by atoms with van der Waals surface area (Å²) in [6, 6.07) is 11.0. The van der Waals surface area contributed by atoms with Crippen molar-refractivity contribution < 1.29 is 19.1 Å². The molecule has 7 nitrogen and oxygen atoms in total. The van der Waals surface area contributed by atoms with Crippen molar-refractivity contribution in [2.45, 2.75) is 13.8 Å². The van der Waals surface area contributed by atoms with Gasteiger partial charge in [-0.25, -0.2) is 19.6 Å². The SMILES string of the molecule is COC(=O)c1cc(Nc2ncnc3scc(-c4ccc(C)cc4C)c23)cc(C(=O)OC)c1. The Kier molecular flexibility index (Phi) is 5.87. The Balaban J connectivity index is 1.84. The number of hydrogen-bond acceptors (Lipinski definition) is 8. The Morgan fingerprint density at radius 3 is 2.22 bits per heavy atom. The van der Waals surface area contributed by atoms with Gasteiger partial charge in [-0.1, -0.05) is 23.8 Å². The van der Waals surface area contributed by atoms with E-state index < -0.39 is 11.9 Å². The van der Waals surface area contributed by atoms with Gasteiger partial charge in [-0.15, -0.1) is 11.3 Å². The summed E-state index contributed by atoms with van der Waals surface area (Å²) in [4.78, 5) is 34.0. The van der Waals surface area contributed by atoms with Gasteiger partial charge < -0.3 is 14.8 Å². The second-order valence-corrected chi connectivity index (χ2v) is 8.14. The molecule has 0 saturated heterocycles. The molecule has 0 amide bonds. The molecule has 0 saturated carbocycles. The lowest BCUT2D eigenvalue weighted by Gasteiger charge is -2.12. The van der Waals surface area contributed by atoms with Crippen LogP contribution in [0.25, 0.3) is 21.3 Å². The zero-order valence-electron chi connectivity index (χ0n) is 18.1. The molecule has 4 aromatic rings. The largest absolute Gasteiger partial charge is 0.465 e. The molecule has 2 aromatic heterocycles. The number of aryl methyl sites for hydroxylation is 2. The molecule has 8 heteroatoms. The smallest absolute Gasteiger partial charge is 0.337 e. The average molecular weight is 448 g/mol. The van der Waals surface area contributed by atoms with Crippen LogP contribution < -0.4 is 5.32 Å². The number of anilines is 2. The number of nitrogens with zero attached hydrogens (tertiary/aromatic N) is 2. The lowest BCUT2D eigenvalue weighted by Crippen LogP contribution is -2.08. The van der Waals surface area contributed by atoms with Gasteiger partial charge >= 0.3 is 11.9 Å². The van der Waals surface area contributed by atoms with Crippen molar-refractivity contribution in [3.05, 3.63) is 70.4 Å². The lowest BCUT2D eigenvalue weighted by atomic mass is 9.99. The molecule has 0 spiro atoms. The molecule has 0 aliphatic carbocycles. The summed E-state index contributed by atoms with van der Waals surface area (Å²) in [5.74, 6) is -0.541. The molecule has 0 atom stereocenters. The van der Waals surface area contributed by atoms with Gasteiger partial charge in [0, 0.05) is 16.6 Å². The summed E-state index contributed by atoms with van der Waals surface area (Å²) in [6.45, 7) is 4.14. The van der Waals surface area contributed by atoms with Crippen molar-refractivity contribution in [1.82, 2.24) is 9.97 Å². The molecule has 2 aromatic carbocycles. The summed E-state index contributed by atoms with van der Waals surface area (Å²) in [6.07, 6.45) is 1.48. The van der Waals surface area contributed by atoms with E-state index in [1.54, 1.807) is 12.1 Å². The minimum atomic E-state index is -0.557. The first-order valence-corrected chi connectivity index (χ1v) is 10.7. The van der Waals surface area contributed by atoms with Crippen molar-refractivity contribution in [2.24, 2.45) is 0 Å². The highest BCUT2D eigenvalue weighted by molar-refractivity contribution is 7.17. The van der Waals surface area contributed by atoms with Gasteiger partial charge in [0.1, 0.15) is 17.0 Å². The van der Waals surface area contributed by atoms with Crippen LogP contribution in [0.15, 0.2) is 48.1 Å². The van der Waals surface area contributed by atoms with Crippen LogP contribution >= 0.6 is 11.3 Å². The van der Waals surface area contributed by atoms with E-state index in [-0.39, 0.29) is 11.1 Å². The number of hydrogen-bond donors (Lipinski definition) is 1. The number of aromatic nitrogens is 2. The van der Waals surface area contributed by atoms with E-state index >= 15 is 0 Å². The maximum absolute atomic E-state index is 12.1. The molecule has 0 unspecified atom stereocenters. The lowest BCUT2D eigenvalue weighted by molar-refractivity contribution is 0.0599. The number of rotatable bonds is 5. The van der Waals surface area contributed by atoms with E-state index in [0.717, 1.165) is 26.9 Å². The van der Waals surface area contributed by atoms with Crippen LogP contribution in [-0.4, -0.2) is 36.1 Å². The number of nitrogens with one attached hydrogen (secondary N) is 1. The standard InChI is InChI=1S/C24H21N3O4S/c1-13-5-6-18(14(2)7-13)19-11-32-22-20(19)21(25-12-26-22)27-17-9-15(23(28)30-3)8-16(10-17)24(29)31-4/h5-12H,1-4H3,(H,25,26,27). The Morgan fingerprint density at radius 2 is 1.59 bits per heavy atom. The quantitative estimate of drug-likeness (QED) is 0.416. The van der Waals surface area contributed by atoms with Crippen molar-refractivity contribution >= 4 is 45.0 Å². The minimum Gasteiger partial charge on any atom is -0.465 e. The van der Waals surface area contributed by atoms with Crippen LogP contribution in [0.3, 0.4) is 0 Å². The Labute approximate surface area is 189 Å². The van der Waals surface area contributed by atoms with Crippen LogP contribution in [0.1, 0.15) is 31.8 Å². The number of carbonyl (C=O) groups excluding carboxylic acids is 2. The number of fused-ring (bicyclic) bond motifs is 1. The summed E-state index contributed by atoms with van der Waals surface area (Å²) in [7, 11) is 2.57. The third kappa shape index (κ3) is 4.04. The normalized spacial score (nSPS) is 10.8. The van der Waals surface area contributed by atoms with E-state index in [1.165, 1.54) is 43.5 Å². The zero-order chi connectivity index (χ0) is 22.8.